The summed E-state index contributed by atoms with van der Waals surface area (Å²) in [6.45, 7) is 0.912. The third-order valence-corrected chi connectivity index (χ3v) is 10.0. The number of ether oxygens (including phenoxy) is 1. The lowest BCUT2D eigenvalue weighted by molar-refractivity contribution is -0.160. The molecule has 1 fully saturated rings. The van der Waals surface area contributed by atoms with E-state index in [2.05, 4.69) is 0 Å². The number of benzene rings is 3. The number of aromatic hydroxyl groups is 1. The molecule has 3 aromatic carbocycles. The second-order valence-corrected chi connectivity index (χ2v) is 13.0. The summed E-state index contributed by atoms with van der Waals surface area (Å²) in [5.41, 5.74) is 2.15. The highest BCUT2D eigenvalue weighted by atomic mass is 16.5. The molecule has 1 saturated carbocycles. The average Bonchev–Trinajstić information content (AvgIpc) is 3.11. The van der Waals surface area contributed by atoms with Gasteiger partial charge >= 0.3 is 5.97 Å². The van der Waals surface area contributed by atoms with Crippen molar-refractivity contribution in [3.63, 3.8) is 0 Å². The van der Waals surface area contributed by atoms with Gasteiger partial charge in [0, 0.05) is 35.9 Å². The number of anilines is 1. The van der Waals surface area contributed by atoms with Crippen molar-refractivity contribution < 1.29 is 54.2 Å². The number of nitrogens with zero attached hydrogens (tertiary/aromatic N) is 1. The Morgan fingerprint density at radius 2 is 1.57 bits per heavy atom. The second-order valence-electron chi connectivity index (χ2n) is 13.0. The highest BCUT2D eigenvalue weighted by molar-refractivity contribution is 6.23. The molecule has 0 heterocycles. The fourth-order valence-electron chi connectivity index (χ4n) is 7.54. The molecule has 0 radical (unpaired) electrons. The van der Waals surface area contributed by atoms with Crippen molar-refractivity contribution in [1.29, 1.82) is 0 Å². The van der Waals surface area contributed by atoms with Crippen molar-refractivity contribution in [2.24, 2.45) is 17.6 Å². The van der Waals surface area contributed by atoms with Gasteiger partial charge in [-0.2, -0.15) is 0 Å². The van der Waals surface area contributed by atoms with Crippen molar-refractivity contribution in [2.45, 2.75) is 50.4 Å². The standard InChI is InChI=1S/C38H36N2O11/c1-19-28-23(40(26(43)15-12-20-8-4-2-5-9-20)17-27(44)51-18-21-10-6-3-7-11-21)13-14-24(41)30(28)34(46)32-29(19)33(45)22-16-25(42)31(37(39)49)35(47)38(22,50)36(32)48/h2-11,13-14,19,22,29,33,41,45-47,50H,12,15-18H2,1H3,(H2,39,49). The first-order valence-electron chi connectivity index (χ1n) is 16.3. The van der Waals surface area contributed by atoms with E-state index in [-0.39, 0.29) is 29.8 Å². The zero-order chi connectivity index (χ0) is 36.8. The number of hydrogen-bond donors (Lipinski definition) is 6. The van der Waals surface area contributed by atoms with E-state index in [1.54, 1.807) is 31.2 Å². The second kappa shape index (κ2) is 13.5. The summed E-state index contributed by atoms with van der Waals surface area (Å²) in [6, 6.07) is 20.6. The molecule has 2 amide bonds. The topological polar surface area (TPSA) is 225 Å². The Labute approximate surface area is 291 Å². The Morgan fingerprint density at radius 1 is 0.941 bits per heavy atom. The van der Waals surface area contributed by atoms with Gasteiger partial charge in [0.15, 0.2) is 11.4 Å². The van der Waals surface area contributed by atoms with Gasteiger partial charge in [-0.25, -0.2) is 0 Å². The maximum absolute atomic E-state index is 14.1. The van der Waals surface area contributed by atoms with Crippen LogP contribution in [0.5, 0.6) is 5.75 Å². The van der Waals surface area contributed by atoms with Crippen molar-refractivity contribution >= 4 is 40.8 Å². The van der Waals surface area contributed by atoms with Crippen molar-refractivity contribution in [3.8, 4) is 5.75 Å². The first kappa shape index (κ1) is 35.1. The van der Waals surface area contributed by atoms with Crippen LogP contribution in [0.4, 0.5) is 5.69 Å². The number of ketones is 2. The van der Waals surface area contributed by atoms with Crippen molar-refractivity contribution in [3.05, 3.63) is 112 Å². The molecule has 3 aromatic rings. The number of phenolic OH excluding ortho intramolecular Hbond substituents is 1. The first-order valence-corrected chi connectivity index (χ1v) is 16.3. The highest BCUT2D eigenvalue weighted by Crippen LogP contribution is 2.57. The number of hydrogen-bond acceptors (Lipinski definition) is 11. The normalized spacial score (nSPS) is 24.0. The van der Waals surface area contributed by atoms with Crippen molar-refractivity contribution in [2.75, 3.05) is 11.4 Å². The van der Waals surface area contributed by atoms with Crippen LogP contribution in [0.15, 0.2) is 89.7 Å². The molecule has 13 heteroatoms. The molecule has 51 heavy (non-hydrogen) atoms. The van der Waals surface area contributed by atoms with Crippen LogP contribution in [0, 0.1) is 11.8 Å². The highest BCUT2D eigenvalue weighted by Gasteiger charge is 2.65. The lowest BCUT2D eigenvalue weighted by Crippen LogP contribution is -2.64. The van der Waals surface area contributed by atoms with Crippen LogP contribution in [-0.2, 0) is 41.7 Å². The molecule has 264 valence electrons. The van der Waals surface area contributed by atoms with Crippen molar-refractivity contribution in [1.82, 2.24) is 0 Å². The van der Waals surface area contributed by atoms with Gasteiger partial charge < -0.3 is 40.9 Å². The minimum absolute atomic E-state index is 0.0529. The minimum atomic E-state index is -3.00. The summed E-state index contributed by atoms with van der Waals surface area (Å²) < 4.78 is 5.50. The number of amides is 2. The fraction of sp³-hybridized carbons (Fsp3) is 0.289. The minimum Gasteiger partial charge on any atom is -0.508 e. The molecule has 0 saturated heterocycles. The van der Waals surface area contributed by atoms with E-state index in [0.29, 0.717) is 12.0 Å². The first-order chi connectivity index (χ1) is 24.3. The van der Waals surface area contributed by atoms with Gasteiger partial charge in [-0.15, -0.1) is 0 Å². The van der Waals surface area contributed by atoms with Crippen LogP contribution in [0.25, 0.3) is 5.76 Å². The third kappa shape index (κ3) is 5.93. The number of primary amides is 1. The van der Waals surface area contributed by atoms with Crippen LogP contribution in [-0.4, -0.2) is 73.1 Å². The Morgan fingerprint density at radius 3 is 2.20 bits per heavy atom. The van der Waals surface area contributed by atoms with Gasteiger partial charge in [0.25, 0.3) is 5.91 Å². The largest absolute Gasteiger partial charge is 0.508 e. The quantitative estimate of drug-likeness (QED) is 0.141. The maximum Gasteiger partial charge on any atom is 0.326 e. The van der Waals surface area contributed by atoms with E-state index in [4.69, 9.17) is 10.5 Å². The van der Waals surface area contributed by atoms with Gasteiger partial charge in [0.2, 0.25) is 11.7 Å². The Hall–Kier alpha value is -5.79. The predicted octanol–water partition coefficient (Wildman–Crippen LogP) is 2.66. The summed E-state index contributed by atoms with van der Waals surface area (Å²) in [4.78, 5) is 67.4. The number of phenols is 1. The van der Waals surface area contributed by atoms with Crippen LogP contribution < -0.4 is 10.6 Å². The summed E-state index contributed by atoms with van der Waals surface area (Å²) >= 11 is 0. The zero-order valence-corrected chi connectivity index (χ0v) is 27.5. The number of fused-ring (bicyclic) bond motifs is 3. The lowest BCUT2D eigenvalue weighted by atomic mass is 9.55. The Kier molecular flexibility index (Phi) is 9.27. The van der Waals surface area contributed by atoms with E-state index < -0.39 is 100 Å². The van der Waals surface area contributed by atoms with E-state index in [1.807, 2.05) is 36.4 Å². The number of aryl methyl sites for hydroxylation is 1. The molecule has 3 aliphatic carbocycles. The maximum atomic E-state index is 14.1. The molecule has 5 atom stereocenters. The monoisotopic (exact) mass is 696 g/mol. The van der Waals surface area contributed by atoms with E-state index in [0.717, 1.165) is 16.5 Å². The summed E-state index contributed by atoms with van der Waals surface area (Å²) in [7, 11) is 0. The van der Waals surface area contributed by atoms with Gasteiger partial charge in [-0.3, -0.25) is 24.0 Å². The Balaban J connectivity index is 1.44. The van der Waals surface area contributed by atoms with E-state index in [1.165, 1.54) is 6.07 Å². The van der Waals surface area contributed by atoms with Crippen LogP contribution in [0.3, 0.4) is 0 Å². The molecule has 7 N–H and O–H groups in total. The number of esters is 1. The van der Waals surface area contributed by atoms with E-state index in [9.17, 15) is 49.5 Å². The van der Waals surface area contributed by atoms with E-state index >= 15 is 0 Å². The molecular formula is C38H36N2O11. The van der Waals surface area contributed by atoms with Gasteiger partial charge in [0.05, 0.1) is 11.7 Å². The average molecular weight is 697 g/mol. The van der Waals surface area contributed by atoms with Crippen LogP contribution >= 0.6 is 0 Å². The SMILES string of the molecule is CC1c2c(N(CC(=O)OCc3ccccc3)C(=O)CCc3ccccc3)ccc(O)c2C(O)=C2C(=O)C3(O)C(O)=C(C(N)=O)C(=O)CC3C(O)C21. The fourth-order valence-corrected chi connectivity index (χ4v) is 7.54. The number of nitrogens with two attached hydrogens (primary N) is 1. The number of rotatable bonds is 9. The van der Waals surface area contributed by atoms with Gasteiger partial charge in [0.1, 0.15) is 36.0 Å². The van der Waals surface area contributed by atoms with Gasteiger partial charge in [-0.05, 0) is 41.2 Å². The Bertz CT molecular complexity index is 2010. The molecule has 6 rings (SSSR count). The zero-order valence-electron chi connectivity index (χ0n) is 27.5. The summed E-state index contributed by atoms with van der Waals surface area (Å²) in [5.74, 6) is -11.7. The molecular weight excluding hydrogens is 660 g/mol. The molecule has 0 aliphatic heterocycles. The predicted molar refractivity (Wildman–Crippen MR) is 181 cm³/mol. The number of carbonyl (C=O) groups is 5. The number of carbonyl (C=O) groups excluding carboxylic acids is 5. The molecule has 0 spiro atoms. The van der Waals surface area contributed by atoms with Crippen LogP contribution in [0.2, 0.25) is 0 Å². The molecule has 5 unspecified atom stereocenters. The molecule has 0 bridgehead atoms. The summed E-state index contributed by atoms with van der Waals surface area (Å²) in [5, 5.41) is 57.0. The smallest absolute Gasteiger partial charge is 0.326 e. The summed E-state index contributed by atoms with van der Waals surface area (Å²) in [6.07, 6.45) is -2.25. The number of aliphatic hydroxyl groups excluding tert-OH is 3. The molecule has 13 nitrogen and oxygen atoms in total. The third-order valence-electron chi connectivity index (χ3n) is 10.0. The van der Waals surface area contributed by atoms with Gasteiger partial charge in [-0.1, -0.05) is 67.6 Å². The number of aliphatic hydroxyl groups is 4. The molecule has 3 aliphatic rings. The van der Waals surface area contributed by atoms with Crippen LogP contribution in [0.1, 0.15) is 47.9 Å². The molecule has 0 aromatic heterocycles. The lowest BCUT2D eigenvalue weighted by Gasteiger charge is -2.50. The number of Topliss-reactive ketones (excluding diaryl/α,β-unsaturated/α-hetero) is 2.